The number of primary amides is 1. The highest BCUT2D eigenvalue weighted by molar-refractivity contribution is 7.80. The van der Waals surface area contributed by atoms with Crippen LogP contribution in [0, 0.1) is 11.8 Å². The van der Waals surface area contributed by atoms with Crippen molar-refractivity contribution in [1.82, 2.24) is 0 Å². The predicted octanol–water partition coefficient (Wildman–Crippen LogP) is 0.925. The molecule has 3 atom stereocenters. The van der Waals surface area contributed by atoms with Crippen LogP contribution in [0.1, 0.15) is 32.1 Å². The number of carbonyl (C=O) groups excluding carboxylic acids is 1. The average Bonchev–Trinajstić information content (AvgIpc) is 2.12. The van der Waals surface area contributed by atoms with E-state index in [9.17, 15) is 4.79 Å². The van der Waals surface area contributed by atoms with Crippen molar-refractivity contribution in [3.63, 3.8) is 0 Å². The Bertz CT molecular complexity index is 199. The molecule has 3 nitrogen and oxygen atoms in total. The summed E-state index contributed by atoms with van der Waals surface area (Å²) in [5.74, 6) is 1.17. The highest BCUT2D eigenvalue weighted by Gasteiger charge is 2.24. The molecule has 0 aromatic carbocycles. The minimum Gasteiger partial charge on any atom is -0.369 e. The van der Waals surface area contributed by atoms with E-state index in [4.69, 9.17) is 11.5 Å². The highest BCUT2D eigenvalue weighted by Crippen LogP contribution is 2.26. The molecule has 1 amide bonds. The average molecular weight is 216 g/mol. The maximum absolute atomic E-state index is 11.1. The van der Waals surface area contributed by atoms with Gasteiger partial charge in [0.2, 0.25) is 5.91 Å². The Hall–Kier alpha value is -0.220. The largest absolute Gasteiger partial charge is 0.369 e. The fourth-order valence-electron chi connectivity index (χ4n) is 2.07. The fraction of sp³-hybridized carbons (Fsp3) is 0.900. The molecule has 0 aliphatic heterocycles. The predicted molar refractivity (Wildman–Crippen MR) is 61.1 cm³/mol. The van der Waals surface area contributed by atoms with Crippen LogP contribution in [0.5, 0.6) is 0 Å². The van der Waals surface area contributed by atoms with Gasteiger partial charge < -0.3 is 11.5 Å². The lowest BCUT2D eigenvalue weighted by Crippen LogP contribution is -2.31. The van der Waals surface area contributed by atoms with Crippen molar-refractivity contribution in [2.24, 2.45) is 23.3 Å². The zero-order chi connectivity index (χ0) is 10.6. The number of amides is 1. The first kappa shape index (κ1) is 11.9. The second-order valence-electron chi connectivity index (χ2n) is 4.30. The van der Waals surface area contributed by atoms with Crippen molar-refractivity contribution in [2.75, 3.05) is 5.75 Å². The van der Waals surface area contributed by atoms with Gasteiger partial charge in [0.25, 0.3) is 0 Å². The summed E-state index contributed by atoms with van der Waals surface area (Å²) in [5.41, 5.74) is 11.3. The van der Waals surface area contributed by atoms with E-state index in [2.05, 4.69) is 12.6 Å². The van der Waals surface area contributed by atoms with E-state index in [0.29, 0.717) is 5.92 Å². The third kappa shape index (κ3) is 3.50. The smallest absolute Gasteiger partial charge is 0.220 e. The van der Waals surface area contributed by atoms with E-state index >= 15 is 0 Å². The molecule has 4 N–H and O–H groups in total. The van der Waals surface area contributed by atoms with Gasteiger partial charge in [-0.2, -0.15) is 12.6 Å². The molecule has 3 unspecified atom stereocenters. The minimum absolute atomic E-state index is 0.0125. The summed E-state index contributed by atoms with van der Waals surface area (Å²) < 4.78 is 0. The van der Waals surface area contributed by atoms with Gasteiger partial charge in [-0.3, -0.25) is 4.79 Å². The summed E-state index contributed by atoms with van der Waals surface area (Å²) in [5, 5.41) is 0. The molecule has 1 saturated carbocycles. The standard InChI is InChI=1S/C10H20N2OS/c11-9-3-1-7(6-14)5-8(2-4-9)10(12)13/h7-9,14H,1-6,11H2,(H2,12,13). The third-order valence-electron chi connectivity index (χ3n) is 3.11. The summed E-state index contributed by atoms with van der Waals surface area (Å²) in [7, 11) is 0. The molecule has 14 heavy (non-hydrogen) atoms. The van der Waals surface area contributed by atoms with Gasteiger partial charge in [0.05, 0.1) is 0 Å². The summed E-state index contributed by atoms with van der Waals surface area (Å²) in [4.78, 5) is 11.1. The van der Waals surface area contributed by atoms with Crippen molar-refractivity contribution in [2.45, 2.75) is 38.1 Å². The Morgan fingerprint density at radius 3 is 2.50 bits per heavy atom. The van der Waals surface area contributed by atoms with E-state index in [1.54, 1.807) is 0 Å². The van der Waals surface area contributed by atoms with Gasteiger partial charge in [-0.1, -0.05) is 0 Å². The maximum atomic E-state index is 11.1. The Morgan fingerprint density at radius 2 is 1.93 bits per heavy atom. The first-order valence-electron chi connectivity index (χ1n) is 5.29. The normalized spacial score (nSPS) is 34.6. The Morgan fingerprint density at radius 1 is 1.29 bits per heavy atom. The van der Waals surface area contributed by atoms with Crippen LogP contribution in [0.15, 0.2) is 0 Å². The van der Waals surface area contributed by atoms with Crippen LogP contribution < -0.4 is 11.5 Å². The number of thiol groups is 1. The summed E-state index contributed by atoms with van der Waals surface area (Å²) in [6.45, 7) is 0. The topological polar surface area (TPSA) is 69.1 Å². The van der Waals surface area contributed by atoms with Crippen LogP contribution in [0.25, 0.3) is 0 Å². The van der Waals surface area contributed by atoms with E-state index in [0.717, 1.165) is 37.9 Å². The van der Waals surface area contributed by atoms with E-state index in [-0.39, 0.29) is 17.9 Å². The van der Waals surface area contributed by atoms with E-state index in [1.165, 1.54) is 0 Å². The van der Waals surface area contributed by atoms with Crippen LogP contribution in [0.4, 0.5) is 0 Å². The molecule has 4 heteroatoms. The molecule has 0 bridgehead atoms. The van der Waals surface area contributed by atoms with Gasteiger partial charge in [-0.15, -0.1) is 0 Å². The molecule has 0 spiro atoms. The van der Waals surface area contributed by atoms with Crippen molar-refractivity contribution in [3.05, 3.63) is 0 Å². The molecular formula is C10H20N2OS. The van der Waals surface area contributed by atoms with Crippen LogP contribution in [-0.2, 0) is 4.79 Å². The lowest BCUT2D eigenvalue weighted by molar-refractivity contribution is -0.122. The Labute approximate surface area is 91.0 Å². The third-order valence-corrected chi connectivity index (χ3v) is 3.63. The number of hydrogen-bond acceptors (Lipinski definition) is 3. The van der Waals surface area contributed by atoms with Crippen LogP contribution >= 0.6 is 12.6 Å². The first-order valence-corrected chi connectivity index (χ1v) is 5.92. The molecule has 0 radical (unpaired) electrons. The molecule has 1 rings (SSSR count). The Balaban J connectivity index is 2.55. The summed E-state index contributed by atoms with van der Waals surface area (Å²) in [6, 6.07) is 0.236. The van der Waals surface area contributed by atoms with Crippen LogP contribution in [0.3, 0.4) is 0 Å². The number of hydrogen-bond donors (Lipinski definition) is 3. The van der Waals surface area contributed by atoms with Gasteiger partial charge in [-0.25, -0.2) is 0 Å². The van der Waals surface area contributed by atoms with Gasteiger partial charge in [0.1, 0.15) is 0 Å². The van der Waals surface area contributed by atoms with Crippen molar-refractivity contribution in [1.29, 1.82) is 0 Å². The monoisotopic (exact) mass is 216 g/mol. The minimum atomic E-state index is -0.175. The molecule has 1 aliphatic carbocycles. The van der Waals surface area contributed by atoms with Gasteiger partial charge in [0.15, 0.2) is 0 Å². The van der Waals surface area contributed by atoms with Crippen LogP contribution in [0.2, 0.25) is 0 Å². The second kappa shape index (κ2) is 5.61. The quantitative estimate of drug-likeness (QED) is 0.601. The number of rotatable bonds is 2. The van der Waals surface area contributed by atoms with Gasteiger partial charge in [0, 0.05) is 12.0 Å². The first-order chi connectivity index (χ1) is 6.63. The SMILES string of the molecule is NC(=O)C1CCC(N)CCC(CS)C1. The van der Waals surface area contributed by atoms with Crippen molar-refractivity contribution < 1.29 is 4.79 Å². The lowest BCUT2D eigenvalue weighted by atomic mass is 9.83. The second-order valence-corrected chi connectivity index (χ2v) is 4.66. The van der Waals surface area contributed by atoms with Gasteiger partial charge >= 0.3 is 0 Å². The highest BCUT2D eigenvalue weighted by atomic mass is 32.1. The molecular weight excluding hydrogens is 196 g/mol. The number of nitrogens with two attached hydrogens (primary N) is 2. The summed E-state index contributed by atoms with van der Waals surface area (Å²) >= 11 is 4.29. The fourth-order valence-corrected chi connectivity index (χ4v) is 2.40. The van der Waals surface area contributed by atoms with Crippen molar-refractivity contribution >= 4 is 18.5 Å². The van der Waals surface area contributed by atoms with Crippen molar-refractivity contribution in [3.8, 4) is 0 Å². The molecule has 82 valence electrons. The molecule has 0 heterocycles. The zero-order valence-corrected chi connectivity index (χ0v) is 9.38. The van der Waals surface area contributed by atoms with Gasteiger partial charge in [-0.05, 0) is 43.8 Å². The molecule has 0 saturated heterocycles. The molecule has 0 aromatic rings. The zero-order valence-electron chi connectivity index (χ0n) is 8.48. The number of carbonyl (C=O) groups is 1. The maximum Gasteiger partial charge on any atom is 0.220 e. The Kier molecular flexibility index (Phi) is 4.75. The van der Waals surface area contributed by atoms with E-state index < -0.39 is 0 Å². The molecule has 1 aliphatic rings. The molecule has 1 fully saturated rings. The molecule has 0 aromatic heterocycles. The lowest BCUT2D eigenvalue weighted by Gasteiger charge is -2.26. The van der Waals surface area contributed by atoms with Crippen LogP contribution in [-0.4, -0.2) is 17.7 Å². The van der Waals surface area contributed by atoms with E-state index in [1.807, 2.05) is 0 Å². The summed E-state index contributed by atoms with van der Waals surface area (Å²) in [6.07, 6.45) is 4.80.